The van der Waals surface area contributed by atoms with Gasteiger partial charge in [0.1, 0.15) is 18.3 Å². The first-order valence-electron chi connectivity index (χ1n) is 6.88. The normalized spacial score (nSPS) is 29.9. The number of non-ortho nitro benzene ring substituents is 1. The number of rotatable bonds is 5. The van der Waals surface area contributed by atoms with Crippen molar-refractivity contribution < 1.29 is 34.7 Å². The summed E-state index contributed by atoms with van der Waals surface area (Å²) in [6.45, 7) is -0.975. The average molecular weight is 342 g/mol. The number of aromatic nitrogens is 2. The number of nitrogens with one attached hydrogen (secondary N) is 1. The van der Waals surface area contributed by atoms with E-state index in [1.165, 1.54) is 12.1 Å². The molecule has 1 fully saturated rings. The van der Waals surface area contributed by atoms with E-state index in [0.29, 0.717) is 0 Å². The zero-order valence-electron chi connectivity index (χ0n) is 12.1. The van der Waals surface area contributed by atoms with E-state index in [2.05, 4.69) is 20.3 Å². The van der Waals surface area contributed by atoms with Gasteiger partial charge < -0.3 is 30.5 Å². The maximum absolute atomic E-state index is 10.9. The summed E-state index contributed by atoms with van der Waals surface area (Å²) in [5, 5.41) is 59.6. The van der Waals surface area contributed by atoms with Crippen LogP contribution < -0.4 is 5.32 Å². The summed E-state index contributed by atoms with van der Waals surface area (Å²) >= 11 is 0. The summed E-state index contributed by atoms with van der Waals surface area (Å²) in [6.07, 6.45) is -4.27. The number of nitrogens with zero attached hydrogens (tertiary/aromatic N) is 3. The van der Waals surface area contributed by atoms with Gasteiger partial charge in [-0.15, -0.1) is 0 Å². The van der Waals surface area contributed by atoms with E-state index in [4.69, 9.17) is 9.84 Å². The topological polar surface area (TPSA) is 184 Å². The molecule has 0 radical (unpaired) electrons. The molecule has 1 aromatic heterocycles. The Morgan fingerprint density at radius 2 is 2.04 bits per heavy atom. The van der Waals surface area contributed by atoms with Crippen LogP contribution in [-0.2, 0) is 4.74 Å². The fourth-order valence-corrected chi connectivity index (χ4v) is 2.53. The van der Waals surface area contributed by atoms with Crippen molar-refractivity contribution in [3.8, 4) is 0 Å². The minimum atomic E-state index is -2.17. The van der Waals surface area contributed by atoms with Crippen molar-refractivity contribution in [2.45, 2.75) is 24.1 Å². The van der Waals surface area contributed by atoms with Crippen molar-refractivity contribution in [1.29, 1.82) is 0 Å². The molecule has 5 N–H and O–H groups in total. The van der Waals surface area contributed by atoms with E-state index in [0.717, 1.165) is 0 Å². The van der Waals surface area contributed by atoms with Gasteiger partial charge in [-0.2, -0.15) is 0 Å². The van der Waals surface area contributed by atoms with Crippen LogP contribution in [0.15, 0.2) is 16.8 Å². The maximum atomic E-state index is 10.9. The third-order valence-corrected chi connectivity index (χ3v) is 3.82. The molecule has 1 aromatic carbocycles. The molecule has 1 saturated heterocycles. The predicted octanol–water partition coefficient (Wildman–Crippen LogP) is -1.66. The second kappa shape index (κ2) is 5.92. The second-order valence-electron chi connectivity index (χ2n) is 5.32. The standard InChI is InChI=1S/C12H14N4O8/c17-3-7-10(18)11(19)12(20,23-7)4-13-5-1-2-6(16(21)22)9-8(5)14-24-15-9/h1-2,7,10-11,13,17-20H,3-4H2/t7-,10-,11+,12+/m1/s1. The van der Waals surface area contributed by atoms with Crippen molar-refractivity contribution in [3.63, 3.8) is 0 Å². The average Bonchev–Trinajstić information content (AvgIpc) is 3.12. The summed E-state index contributed by atoms with van der Waals surface area (Å²) in [7, 11) is 0. The highest BCUT2D eigenvalue weighted by Crippen LogP contribution is 2.32. The number of hydrogen-bond acceptors (Lipinski definition) is 11. The Kier molecular flexibility index (Phi) is 4.06. The molecule has 4 atom stereocenters. The number of nitro benzene ring substituents is 1. The number of nitro groups is 1. The lowest BCUT2D eigenvalue weighted by atomic mass is 10.1. The Morgan fingerprint density at radius 3 is 2.67 bits per heavy atom. The largest absolute Gasteiger partial charge is 0.394 e. The van der Waals surface area contributed by atoms with Crippen LogP contribution in [0.3, 0.4) is 0 Å². The summed E-state index contributed by atoms with van der Waals surface area (Å²) in [4.78, 5) is 10.3. The van der Waals surface area contributed by atoms with Crippen molar-refractivity contribution in [3.05, 3.63) is 22.2 Å². The zero-order valence-corrected chi connectivity index (χ0v) is 12.1. The number of aliphatic hydroxyl groups excluding tert-OH is 3. The van der Waals surface area contributed by atoms with Crippen LogP contribution in [0, 0.1) is 10.1 Å². The zero-order chi connectivity index (χ0) is 17.5. The maximum Gasteiger partial charge on any atom is 0.300 e. The summed E-state index contributed by atoms with van der Waals surface area (Å²) < 4.78 is 9.58. The van der Waals surface area contributed by atoms with Crippen LogP contribution in [0.25, 0.3) is 11.0 Å². The lowest BCUT2D eigenvalue weighted by Gasteiger charge is -2.26. The van der Waals surface area contributed by atoms with Crippen molar-refractivity contribution in [1.82, 2.24) is 10.3 Å². The van der Waals surface area contributed by atoms with Crippen LogP contribution in [-0.4, -0.2) is 72.9 Å². The monoisotopic (exact) mass is 342 g/mol. The van der Waals surface area contributed by atoms with E-state index in [-0.39, 0.29) is 29.0 Å². The summed E-state index contributed by atoms with van der Waals surface area (Å²) in [5.74, 6) is -2.17. The van der Waals surface area contributed by atoms with E-state index in [1.54, 1.807) is 0 Å². The van der Waals surface area contributed by atoms with Gasteiger partial charge in [-0.25, -0.2) is 4.63 Å². The van der Waals surface area contributed by atoms with Gasteiger partial charge in [0.05, 0.1) is 23.8 Å². The number of benzene rings is 1. The molecule has 0 bridgehead atoms. The highest BCUT2D eigenvalue weighted by atomic mass is 16.7. The smallest absolute Gasteiger partial charge is 0.300 e. The molecule has 0 saturated carbocycles. The Morgan fingerprint density at radius 1 is 1.33 bits per heavy atom. The van der Waals surface area contributed by atoms with Gasteiger partial charge in [0, 0.05) is 6.07 Å². The molecular formula is C12H14N4O8. The van der Waals surface area contributed by atoms with Gasteiger partial charge in [-0.1, -0.05) is 0 Å². The van der Waals surface area contributed by atoms with Crippen LogP contribution in [0.2, 0.25) is 0 Å². The number of hydrogen-bond donors (Lipinski definition) is 5. The van der Waals surface area contributed by atoms with Crippen LogP contribution in [0.1, 0.15) is 0 Å². The van der Waals surface area contributed by atoms with Crippen LogP contribution >= 0.6 is 0 Å². The molecule has 0 unspecified atom stereocenters. The van der Waals surface area contributed by atoms with E-state index >= 15 is 0 Å². The molecule has 2 aromatic rings. The molecule has 0 aliphatic carbocycles. The van der Waals surface area contributed by atoms with Crippen LogP contribution in [0.4, 0.5) is 11.4 Å². The number of ether oxygens (including phenoxy) is 1. The summed E-state index contributed by atoms with van der Waals surface area (Å²) in [5.41, 5.74) is -0.0934. The number of aliphatic hydroxyl groups is 4. The molecule has 130 valence electrons. The van der Waals surface area contributed by atoms with E-state index in [1.807, 2.05) is 0 Å². The van der Waals surface area contributed by atoms with Crippen molar-refractivity contribution >= 4 is 22.4 Å². The highest BCUT2D eigenvalue weighted by molar-refractivity contribution is 5.93. The van der Waals surface area contributed by atoms with Gasteiger partial charge in [0.15, 0.2) is 5.52 Å². The van der Waals surface area contributed by atoms with Crippen LogP contribution in [0.5, 0.6) is 0 Å². The van der Waals surface area contributed by atoms with Gasteiger partial charge in [0.25, 0.3) is 0 Å². The molecule has 12 heteroatoms. The summed E-state index contributed by atoms with van der Waals surface area (Å²) in [6, 6.07) is 2.51. The fourth-order valence-electron chi connectivity index (χ4n) is 2.53. The Labute approximate surface area is 133 Å². The molecule has 3 rings (SSSR count). The first kappa shape index (κ1) is 16.5. The molecule has 0 spiro atoms. The molecule has 2 heterocycles. The predicted molar refractivity (Wildman–Crippen MR) is 75.9 cm³/mol. The second-order valence-corrected chi connectivity index (χ2v) is 5.32. The molecule has 1 aliphatic rings. The first-order chi connectivity index (χ1) is 11.4. The Balaban J connectivity index is 1.83. The molecule has 24 heavy (non-hydrogen) atoms. The Bertz CT molecular complexity index is 767. The SMILES string of the molecule is O=[N+]([O-])c1ccc(NC[C@]2(O)O[C@H](CO)[C@@H](O)[C@@H]2O)c2nonc12. The van der Waals surface area contributed by atoms with Crippen molar-refractivity contribution in [2.75, 3.05) is 18.5 Å². The molecular weight excluding hydrogens is 328 g/mol. The highest BCUT2D eigenvalue weighted by Gasteiger charge is 2.53. The van der Waals surface area contributed by atoms with Gasteiger partial charge in [-0.05, 0) is 16.4 Å². The van der Waals surface area contributed by atoms with E-state index in [9.17, 15) is 25.4 Å². The third-order valence-electron chi connectivity index (χ3n) is 3.82. The Hall–Kier alpha value is -2.38. The first-order valence-corrected chi connectivity index (χ1v) is 6.88. The minimum Gasteiger partial charge on any atom is -0.394 e. The van der Waals surface area contributed by atoms with E-state index < -0.39 is 35.6 Å². The van der Waals surface area contributed by atoms with Crippen molar-refractivity contribution in [2.24, 2.45) is 0 Å². The third kappa shape index (κ3) is 2.55. The van der Waals surface area contributed by atoms with Gasteiger partial charge >= 0.3 is 5.69 Å². The number of anilines is 1. The van der Waals surface area contributed by atoms with Gasteiger partial charge in [-0.3, -0.25) is 10.1 Å². The number of fused-ring (bicyclic) bond motifs is 1. The van der Waals surface area contributed by atoms with Gasteiger partial charge in [0.2, 0.25) is 11.3 Å². The molecule has 1 aliphatic heterocycles. The lowest BCUT2D eigenvalue weighted by Crippen LogP contribution is -2.48. The molecule has 0 amide bonds. The molecule has 12 nitrogen and oxygen atoms in total. The minimum absolute atomic E-state index is 0.0551. The fraction of sp³-hybridized carbons (Fsp3) is 0.500. The quantitative estimate of drug-likeness (QED) is 0.309. The lowest BCUT2D eigenvalue weighted by molar-refractivity contribution is -0.383.